The van der Waals surface area contributed by atoms with E-state index in [1.54, 1.807) is 37.3 Å². The van der Waals surface area contributed by atoms with Crippen LogP contribution < -0.4 is 9.62 Å². The van der Waals surface area contributed by atoms with Gasteiger partial charge in [0.05, 0.1) is 11.9 Å². The molecule has 2 aromatic carbocycles. The molecule has 0 saturated carbocycles. The van der Waals surface area contributed by atoms with Gasteiger partial charge in [-0.25, -0.2) is 12.8 Å². The second-order valence-electron chi connectivity index (χ2n) is 6.94. The van der Waals surface area contributed by atoms with Crippen molar-refractivity contribution < 1.29 is 17.6 Å². The Kier molecular flexibility index (Phi) is 8.05. The number of amides is 1. The van der Waals surface area contributed by atoms with Crippen LogP contribution in [-0.4, -0.2) is 33.2 Å². The van der Waals surface area contributed by atoms with Crippen LogP contribution in [0, 0.1) is 12.7 Å². The number of benzene rings is 2. The lowest BCUT2D eigenvalue weighted by Gasteiger charge is -2.30. The van der Waals surface area contributed by atoms with Gasteiger partial charge in [-0.3, -0.25) is 9.10 Å². The first-order chi connectivity index (χ1) is 13.6. The minimum absolute atomic E-state index is 0.287. The monoisotopic (exact) mass is 440 g/mol. The average Bonchev–Trinajstić information content (AvgIpc) is 2.66. The number of sulfonamides is 1. The Bertz CT molecular complexity index is 949. The third-order valence-electron chi connectivity index (χ3n) is 4.59. The fourth-order valence-corrected chi connectivity index (χ4v) is 4.43. The van der Waals surface area contributed by atoms with Gasteiger partial charge in [-0.05, 0) is 61.6 Å². The van der Waals surface area contributed by atoms with Gasteiger partial charge in [0.2, 0.25) is 15.9 Å². The standard InChI is InChI=1S/C21H26ClFN2O3S/c1-4-20(21(26)24-13-5-6-16-8-10-17(23)11-9-16)25(29(3,27)28)18-12-7-15(2)19(22)14-18/h7-12,14,20H,4-6,13H2,1-3H3,(H,24,26)/t20-/m0/s1. The van der Waals surface area contributed by atoms with Crippen LogP contribution in [0.15, 0.2) is 42.5 Å². The highest BCUT2D eigenvalue weighted by Gasteiger charge is 2.31. The van der Waals surface area contributed by atoms with Crippen LogP contribution in [0.3, 0.4) is 0 Å². The Morgan fingerprint density at radius 1 is 1.21 bits per heavy atom. The number of nitrogens with zero attached hydrogens (tertiary/aromatic N) is 1. The molecule has 0 aliphatic heterocycles. The Labute approximate surface area is 176 Å². The van der Waals surface area contributed by atoms with E-state index in [1.165, 1.54) is 12.1 Å². The molecule has 0 unspecified atom stereocenters. The summed E-state index contributed by atoms with van der Waals surface area (Å²) in [4.78, 5) is 12.7. The molecule has 0 spiro atoms. The lowest BCUT2D eigenvalue weighted by molar-refractivity contribution is -0.122. The van der Waals surface area contributed by atoms with E-state index in [4.69, 9.17) is 11.6 Å². The number of halogens is 2. The highest BCUT2D eigenvalue weighted by molar-refractivity contribution is 7.92. The molecule has 0 saturated heterocycles. The van der Waals surface area contributed by atoms with Crippen molar-refractivity contribution in [3.05, 3.63) is 64.4 Å². The van der Waals surface area contributed by atoms with Crippen LogP contribution in [0.25, 0.3) is 0 Å². The van der Waals surface area contributed by atoms with Crippen molar-refractivity contribution in [2.24, 2.45) is 0 Å². The van der Waals surface area contributed by atoms with Gasteiger partial charge < -0.3 is 5.32 Å². The lowest BCUT2D eigenvalue weighted by atomic mass is 10.1. The molecule has 0 bridgehead atoms. The normalized spacial score (nSPS) is 12.4. The van der Waals surface area contributed by atoms with Gasteiger partial charge in [0.15, 0.2) is 0 Å². The Hall–Kier alpha value is -2.12. The Morgan fingerprint density at radius 3 is 2.41 bits per heavy atom. The topological polar surface area (TPSA) is 66.5 Å². The van der Waals surface area contributed by atoms with Gasteiger partial charge >= 0.3 is 0 Å². The molecule has 8 heteroatoms. The smallest absolute Gasteiger partial charge is 0.243 e. The number of carbonyl (C=O) groups is 1. The van der Waals surface area contributed by atoms with E-state index in [0.29, 0.717) is 36.5 Å². The van der Waals surface area contributed by atoms with Crippen molar-refractivity contribution in [1.82, 2.24) is 5.32 Å². The van der Waals surface area contributed by atoms with Gasteiger partial charge in [0.1, 0.15) is 11.9 Å². The highest BCUT2D eigenvalue weighted by Crippen LogP contribution is 2.27. The second kappa shape index (κ2) is 10.1. The van der Waals surface area contributed by atoms with Crippen LogP contribution in [0.4, 0.5) is 10.1 Å². The molecule has 1 amide bonds. The summed E-state index contributed by atoms with van der Waals surface area (Å²) in [5, 5.41) is 3.25. The summed E-state index contributed by atoms with van der Waals surface area (Å²) in [7, 11) is -3.70. The van der Waals surface area contributed by atoms with Gasteiger partial charge in [-0.15, -0.1) is 0 Å². The average molecular weight is 441 g/mol. The summed E-state index contributed by atoms with van der Waals surface area (Å²) in [6.45, 7) is 3.97. The third-order valence-corrected chi connectivity index (χ3v) is 6.18. The summed E-state index contributed by atoms with van der Waals surface area (Å²) in [5.41, 5.74) is 2.15. The second-order valence-corrected chi connectivity index (χ2v) is 9.20. The number of hydrogen-bond acceptors (Lipinski definition) is 3. The van der Waals surface area contributed by atoms with Crippen LogP contribution in [0.1, 0.15) is 30.9 Å². The van der Waals surface area contributed by atoms with Gasteiger partial charge in [-0.2, -0.15) is 0 Å². The summed E-state index contributed by atoms with van der Waals surface area (Å²) >= 11 is 6.16. The molecule has 0 aliphatic rings. The van der Waals surface area contributed by atoms with Gasteiger partial charge in [-0.1, -0.05) is 36.7 Å². The maximum Gasteiger partial charge on any atom is 0.243 e. The SMILES string of the molecule is CC[C@@H](C(=O)NCCCc1ccc(F)cc1)N(c1ccc(C)c(Cl)c1)S(C)(=O)=O. The number of hydrogen-bond donors (Lipinski definition) is 1. The fraction of sp³-hybridized carbons (Fsp3) is 0.381. The first-order valence-electron chi connectivity index (χ1n) is 9.41. The third kappa shape index (κ3) is 6.44. The molecule has 2 rings (SSSR count). The van der Waals surface area contributed by atoms with Crippen molar-refractivity contribution in [3.8, 4) is 0 Å². The molecule has 1 N–H and O–H groups in total. The van der Waals surface area contributed by atoms with E-state index < -0.39 is 16.1 Å². The molecular formula is C21H26ClFN2O3S. The van der Waals surface area contributed by atoms with E-state index in [0.717, 1.165) is 21.7 Å². The number of rotatable bonds is 9. The zero-order chi connectivity index (χ0) is 21.6. The largest absolute Gasteiger partial charge is 0.354 e. The van der Waals surface area contributed by atoms with Crippen molar-refractivity contribution >= 4 is 33.2 Å². The minimum Gasteiger partial charge on any atom is -0.354 e. The van der Waals surface area contributed by atoms with Crippen LogP contribution in [-0.2, 0) is 21.2 Å². The maximum absolute atomic E-state index is 12.9. The number of nitrogens with one attached hydrogen (secondary N) is 1. The number of anilines is 1. The maximum atomic E-state index is 12.9. The quantitative estimate of drug-likeness (QED) is 0.597. The van der Waals surface area contributed by atoms with Crippen LogP contribution in [0.5, 0.6) is 0 Å². The molecule has 0 fully saturated rings. The number of aryl methyl sites for hydroxylation is 2. The molecule has 2 aromatic rings. The van der Waals surface area contributed by atoms with E-state index in [9.17, 15) is 17.6 Å². The summed E-state index contributed by atoms with van der Waals surface area (Å²) < 4.78 is 39.0. The zero-order valence-corrected chi connectivity index (χ0v) is 18.4. The van der Waals surface area contributed by atoms with Crippen LogP contribution >= 0.6 is 11.6 Å². The summed E-state index contributed by atoms with van der Waals surface area (Å²) in [6, 6.07) is 10.3. The van der Waals surface area contributed by atoms with E-state index in [-0.39, 0.29) is 11.7 Å². The first-order valence-corrected chi connectivity index (χ1v) is 11.6. The predicted octanol–water partition coefficient (Wildman–Crippen LogP) is 4.08. The van der Waals surface area contributed by atoms with Gasteiger partial charge in [0, 0.05) is 11.6 Å². The summed E-state index contributed by atoms with van der Waals surface area (Å²) in [5.74, 6) is -0.654. The number of carbonyl (C=O) groups excluding carboxylic acids is 1. The van der Waals surface area contributed by atoms with Gasteiger partial charge in [0.25, 0.3) is 0 Å². The Morgan fingerprint density at radius 2 is 1.86 bits per heavy atom. The highest BCUT2D eigenvalue weighted by atomic mass is 35.5. The molecule has 0 radical (unpaired) electrons. The minimum atomic E-state index is -3.70. The first kappa shape index (κ1) is 23.2. The molecule has 0 aliphatic carbocycles. The fourth-order valence-electron chi connectivity index (χ4n) is 3.05. The zero-order valence-electron chi connectivity index (χ0n) is 16.8. The van der Waals surface area contributed by atoms with Crippen molar-refractivity contribution in [2.45, 2.75) is 39.2 Å². The van der Waals surface area contributed by atoms with Crippen molar-refractivity contribution in [2.75, 3.05) is 17.1 Å². The molecule has 0 heterocycles. The molecule has 1 atom stereocenters. The Balaban J connectivity index is 2.07. The molecule has 158 valence electrons. The van der Waals surface area contributed by atoms with Crippen molar-refractivity contribution in [1.29, 1.82) is 0 Å². The van der Waals surface area contributed by atoms with E-state index in [2.05, 4.69) is 5.32 Å². The molecule has 0 aromatic heterocycles. The molecular weight excluding hydrogens is 415 g/mol. The molecule has 5 nitrogen and oxygen atoms in total. The van der Waals surface area contributed by atoms with Crippen molar-refractivity contribution in [3.63, 3.8) is 0 Å². The predicted molar refractivity (Wildman–Crippen MR) is 115 cm³/mol. The lowest BCUT2D eigenvalue weighted by Crippen LogP contribution is -2.49. The molecule has 29 heavy (non-hydrogen) atoms. The van der Waals surface area contributed by atoms with E-state index in [1.807, 2.05) is 6.92 Å². The van der Waals surface area contributed by atoms with Crippen LogP contribution in [0.2, 0.25) is 5.02 Å². The van der Waals surface area contributed by atoms with E-state index >= 15 is 0 Å². The summed E-state index contributed by atoms with van der Waals surface area (Å²) in [6.07, 6.45) is 2.72.